The van der Waals surface area contributed by atoms with E-state index in [0.717, 1.165) is 56.4 Å². The van der Waals surface area contributed by atoms with Gasteiger partial charge in [-0.1, -0.05) is 130 Å². The number of hydrogen-bond donors (Lipinski definition) is 3. The second-order valence-corrected chi connectivity index (χ2v) is 15.6. The number of carboxylic acids is 1. The highest BCUT2D eigenvalue weighted by Crippen LogP contribution is 2.54. The first-order chi connectivity index (χ1) is 23.5. The smallest absolute Gasteiger partial charge is 0.303 e. The lowest BCUT2D eigenvalue weighted by atomic mass is 9.53. The molecule has 262 valence electrons. The van der Waals surface area contributed by atoms with Gasteiger partial charge in [0.1, 0.15) is 0 Å². The average molecular weight is 654 g/mol. The van der Waals surface area contributed by atoms with E-state index < -0.39 is 5.97 Å². The maximum Gasteiger partial charge on any atom is 0.303 e. The summed E-state index contributed by atoms with van der Waals surface area (Å²) in [5.74, 6) is 1.61. The molecule has 2 aromatic carbocycles. The van der Waals surface area contributed by atoms with Gasteiger partial charge in [-0.15, -0.1) is 0 Å². The van der Waals surface area contributed by atoms with Crippen LogP contribution in [0.4, 0.5) is 0 Å². The highest BCUT2D eigenvalue weighted by molar-refractivity contribution is 5.67. The fourth-order valence-corrected chi connectivity index (χ4v) is 10.0. The van der Waals surface area contributed by atoms with Gasteiger partial charge in [0.05, 0.1) is 6.61 Å². The van der Waals surface area contributed by atoms with E-state index in [1.54, 1.807) is 0 Å². The molecule has 48 heavy (non-hydrogen) atoms. The number of aliphatic carboxylic acids is 1. The predicted octanol–water partition coefficient (Wildman–Crippen LogP) is 10.2. The fraction of sp³-hybridized carbons (Fsp3) is 0.614. The Morgan fingerprint density at radius 3 is 2.35 bits per heavy atom. The van der Waals surface area contributed by atoms with Gasteiger partial charge in [-0.2, -0.15) is 0 Å². The summed E-state index contributed by atoms with van der Waals surface area (Å²) >= 11 is 0. The number of hydrogen-bond acceptors (Lipinski definition) is 3. The molecule has 4 nitrogen and oxygen atoms in total. The van der Waals surface area contributed by atoms with Gasteiger partial charge in [-0.25, -0.2) is 0 Å². The second-order valence-electron chi connectivity index (χ2n) is 15.6. The van der Waals surface area contributed by atoms with Crippen LogP contribution in [0.15, 0.2) is 78.9 Å². The van der Waals surface area contributed by atoms with Crippen molar-refractivity contribution in [3.63, 3.8) is 0 Å². The number of aryl methyl sites for hydroxylation is 1. The van der Waals surface area contributed by atoms with Crippen molar-refractivity contribution in [1.29, 1.82) is 0 Å². The summed E-state index contributed by atoms with van der Waals surface area (Å²) in [5.41, 5.74) is 9.99. The third-order valence-corrected chi connectivity index (χ3v) is 12.5. The molecule has 2 aromatic rings. The van der Waals surface area contributed by atoms with Crippen LogP contribution < -0.4 is 5.73 Å². The van der Waals surface area contributed by atoms with Crippen molar-refractivity contribution in [3.05, 3.63) is 95.6 Å². The zero-order valence-electron chi connectivity index (χ0n) is 29.5. The Morgan fingerprint density at radius 2 is 1.62 bits per heavy atom. The zero-order valence-corrected chi connectivity index (χ0v) is 29.5. The summed E-state index contributed by atoms with van der Waals surface area (Å²) in [6.07, 6.45) is 30.6. The minimum atomic E-state index is -0.679. The van der Waals surface area contributed by atoms with Crippen LogP contribution in [0.1, 0.15) is 126 Å². The van der Waals surface area contributed by atoms with E-state index in [0.29, 0.717) is 18.4 Å². The number of rotatable bonds is 17. The average Bonchev–Trinajstić information content (AvgIpc) is 3.12. The van der Waals surface area contributed by atoms with Gasteiger partial charge in [0.25, 0.3) is 0 Å². The molecule has 5 unspecified atom stereocenters. The molecule has 0 radical (unpaired) electrons. The molecule has 4 heteroatoms. The van der Waals surface area contributed by atoms with Crippen LogP contribution in [-0.4, -0.2) is 22.7 Å². The standard InChI is InChI=1S/C44H63NO3/c45-29-26-40-38(24-25-42(41(40)32-43(47)48)44(27-11-4-12-28-44)39-20-9-3-10-21-39)31-36(23-22-35-18-13-19-37(30-35)33-46)17-8-2-7-16-34-14-5-1-6-15-34/h2-3,8-10,13,18-21,24-25,30,34,36,38,40-42,46H,1,4-7,11-12,14-17,22-23,26-29,31-33,45H2,(H,47,48). The van der Waals surface area contributed by atoms with Gasteiger partial charge < -0.3 is 15.9 Å². The van der Waals surface area contributed by atoms with E-state index in [2.05, 4.69) is 72.8 Å². The van der Waals surface area contributed by atoms with Gasteiger partial charge in [-0.3, -0.25) is 4.79 Å². The summed E-state index contributed by atoms with van der Waals surface area (Å²) < 4.78 is 0. The third-order valence-electron chi connectivity index (χ3n) is 12.5. The summed E-state index contributed by atoms with van der Waals surface area (Å²) in [6, 6.07) is 19.4. The Hall–Kier alpha value is -2.69. The molecule has 0 saturated heterocycles. The third kappa shape index (κ3) is 9.94. The van der Waals surface area contributed by atoms with Gasteiger partial charge in [0.2, 0.25) is 0 Å². The molecule has 5 rings (SSSR count). The van der Waals surface area contributed by atoms with E-state index in [1.807, 2.05) is 6.07 Å². The largest absolute Gasteiger partial charge is 0.481 e. The van der Waals surface area contributed by atoms with E-state index in [-0.39, 0.29) is 36.2 Å². The lowest BCUT2D eigenvalue weighted by molar-refractivity contribution is -0.139. The minimum Gasteiger partial charge on any atom is -0.481 e. The summed E-state index contributed by atoms with van der Waals surface area (Å²) in [7, 11) is 0. The summed E-state index contributed by atoms with van der Waals surface area (Å²) in [5, 5.41) is 20.0. The Morgan fingerprint density at radius 1 is 0.875 bits per heavy atom. The molecule has 0 heterocycles. The maximum atomic E-state index is 12.6. The fourth-order valence-electron chi connectivity index (χ4n) is 10.0. The van der Waals surface area contributed by atoms with Gasteiger partial charge >= 0.3 is 5.97 Å². The monoisotopic (exact) mass is 653 g/mol. The Balaban J connectivity index is 1.38. The quantitative estimate of drug-likeness (QED) is 0.148. The number of aliphatic hydroxyl groups excluding tert-OH is 1. The van der Waals surface area contributed by atoms with Crippen molar-refractivity contribution in [2.24, 2.45) is 41.2 Å². The first-order valence-electron chi connectivity index (χ1n) is 19.5. The molecule has 5 atom stereocenters. The lowest BCUT2D eigenvalue weighted by Gasteiger charge is -2.51. The molecule has 0 spiro atoms. The number of aliphatic hydroxyl groups is 1. The van der Waals surface area contributed by atoms with Crippen LogP contribution in [0.5, 0.6) is 0 Å². The van der Waals surface area contributed by atoms with E-state index in [9.17, 15) is 15.0 Å². The van der Waals surface area contributed by atoms with Crippen molar-refractivity contribution in [1.82, 2.24) is 0 Å². The zero-order chi connectivity index (χ0) is 33.6. The van der Waals surface area contributed by atoms with E-state index >= 15 is 0 Å². The van der Waals surface area contributed by atoms with Gasteiger partial charge in [0, 0.05) is 11.8 Å². The minimum absolute atomic E-state index is 0.00780. The summed E-state index contributed by atoms with van der Waals surface area (Å²) in [4.78, 5) is 12.6. The summed E-state index contributed by atoms with van der Waals surface area (Å²) in [6.45, 7) is 0.668. The molecular formula is C44H63NO3. The first-order valence-corrected chi connectivity index (χ1v) is 19.5. The Kier molecular flexibility index (Phi) is 14.4. The topological polar surface area (TPSA) is 83.5 Å². The van der Waals surface area contributed by atoms with Crippen LogP contribution in [0.25, 0.3) is 0 Å². The molecular weight excluding hydrogens is 590 g/mol. The van der Waals surface area contributed by atoms with Crippen LogP contribution in [0, 0.1) is 35.5 Å². The van der Waals surface area contributed by atoms with Crippen molar-refractivity contribution in [3.8, 4) is 0 Å². The molecule has 0 amide bonds. The van der Waals surface area contributed by atoms with Gasteiger partial charge in [0.15, 0.2) is 0 Å². The highest BCUT2D eigenvalue weighted by atomic mass is 16.4. The molecule has 2 fully saturated rings. The van der Waals surface area contributed by atoms with E-state index in [1.165, 1.54) is 75.3 Å². The van der Waals surface area contributed by atoms with Crippen molar-refractivity contribution < 1.29 is 15.0 Å². The number of nitrogens with two attached hydrogens (primary N) is 1. The van der Waals surface area contributed by atoms with Crippen LogP contribution in [-0.2, 0) is 23.2 Å². The van der Waals surface area contributed by atoms with Crippen molar-refractivity contribution in [2.45, 2.75) is 128 Å². The highest BCUT2D eigenvalue weighted by Gasteiger charge is 2.48. The second kappa shape index (κ2) is 18.9. The molecule has 2 saturated carbocycles. The van der Waals surface area contributed by atoms with Crippen molar-refractivity contribution in [2.75, 3.05) is 6.54 Å². The normalized spacial score (nSPS) is 25.3. The maximum absolute atomic E-state index is 12.6. The Bertz CT molecular complexity index is 1290. The molecule has 3 aliphatic rings. The molecule has 0 aliphatic heterocycles. The van der Waals surface area contributed by atoms with Crippen LogP contribution in [0.2, 0.25) is 0 Å². The van der Waals surface area contributed by atoms with Gasteiger partial charge in [-0.05, 0) is 117 Å². The molecule has 0 aromatic heterocycles. The lowest BCUT2D eigenvalue weighted by Crippen LogP contribution is -2.46. The molecule has 0 bridgehead atoms. The predicted molar refractivity (Wildman–Crippen MR) is 199 cm³/mol. The number of benzene rings is 2. The first kappa shape index (κ1) is 36.6. The van der Waals surface area contributed by atoms with Crippen LogP contribution >= 0.6 is 0 Å². The number of carbonyl (C=O) groups is 1. The molecule has 3 aliphatic carbocycles. The molecule has 4 N–H and O–H groups in total. The SMILES string of the molecule is NCCC1C(CC(CC=CCCC2CCCCC2)CCc2cccc(CO)c2)C=CC(C2(c3ccccc3)CCCCC2)C1CC(=O)O. The Labute approximate surface area is 291 Å². The van der Waals surface area contributed by atoms with Crippen molar-refractivity contribution >= 4 is 5.97 Å². The van der Waals surface area contributed by atoms with E-state index in [4.69, 9.17) is 5.73 Å². The number of carboxylic acid groups (broad SMARTS) is 1. The number of allylic oxidation sites excluding steroid dienone is 4. The van der Waals surface area contributed by atoms with Crippen LogP contribution in [0.3, 0.4) is 0 Å².